The van der Waals surface area contributed by atoms with Crippen LogP contribution in [0.15, 0.2) is 12.4 Å². The van der Waals surface area contributed by atoms with Crippen LogP contribution >= 0.6 is 11.3 Å². The van der Waals surface area contributed by atoms with Gasteiger partial charge in [0.05, 0.1) is 21.6 Å². The zero-order valence-corrected chi connectivity index (χ0v) is 12.9. The van der Waals surface area contributed by atoms with Crippen LogP contribution in [0.3, 0.4) is 0 Å². The summed E-state index contributed by atoms with van der Waals surface area (Å²) in [6.45, 7) is 9.51. The Morgan fingerprint density at radius 2 is 2.21 bits per heavy atom. The highest BCUT2D eigenvalue weighted by molar-refractivity contribution is 7.11. The van der Waals surface area contributed by atoms with E-state index in [0.29, 0.717) is 0 Å². The number of aromatic nitrogens is 3. The number of hydrogen-bond acceptors (Lipinski definition) is 4. The van der Waals surface area contributed by atoms with Crippen LogP contribution in [-0.2, 0) is 0 Å². The molecule has 0 bridgehead atoms. The number of rotatable bonds is 6. The first-order chi connectivity index (χ1) is 9.13. The third-order valence-electron chi connectivity index (χ3n) is 3.22. The van der Waals surface area contributed by atoms with Gasteiger partial charge in [0, 0.05) is 18.9 Å². The number of nitrogens with zero attached hydrogens (tertiary/aromatic N) is 3. The molecule has 0 fully saturated rings. The first-order valence-electron chi connectivity index (χ1n) is 6.84. The van der Waals surface area contributed by atoms with Gasteiger partial charge in [-0.25, -0.2) is 9.97 Å². The van der Waals surface area contributed by atoms with Crippen molar-refractivity contribution in [1.29, 1.82) is 0 Å². The predicted octanol–water partition coefficient (Wildman–Crippen LogP) is 3.78. The normalized spacial score (nSPS) is 12.6. The molecule has 4 nitrogen and oxygen atoms in total. The molecule has 0 aromatic carbocycles. The molecule has 0 aliphatic rings. The second kappa shape index (κ2) is 6.19. The van der Waals surface area contributed by atoms with Crippen LogP contribution in [0.4, 0.5) is 5.95 Å². The summed E-state index contributed by atoms with van der Waals surface area (Å²) >= 11 is 1.77. The molecule has 5 heteroatoms. The molecule has 104 valence electrons. The summed E-state index contributed by atoms with van der Waals surface area (Å²) in [6, 6.07) is 0.276. The van der Waals surface area contributed by atoms with E-state index in [1.165, 1.54) is 17.7 Å². The van der Waals surface area contributed by atoms with Crippen LogP contribution in [0.1, 0.15) is 48.3 Å². The van der Waals surface area contributed by atoms with Gasteiger partial charge < -0.3 is 9.88 Å². The number of thiazole rings is 1. The Morgan fingerprint density at radius 3 is 2.84 bits per heavy atom. The second-order valence-electron chi connectivity index (χ2n) is 4.80. The average molecular weight is 278 g/mol. The minimum atomic E-state index is 0.276. The fourth-order valence-electron chi connectivity index (χ4n) is 2.20. The standard InChI is InChI=1S/C14H22N4S/c1-5-6-7-15-14-16-8-9-18(14)11(3)13-10(2)17-12(4)19-13/h8-9,11H,5-7H2,1-4H3,(H,15,16). The largest absolute Gasteiger partial charge is 0.356 e. The van der Waals surface area contributed by atoms with E-state index in [1.807, 2.05) is 12.4 Å². The van der Waals surface area contributed by atoms with Crippen LogP contribution in [0.2, 0.25) is 0 Å². The van der Waals surface area contributed by atoms with Crippen molar-refractivity contribution < 1.29 is 0 Å². The lowest BCUT2D eigenvalue weighted by Crippen LogP contribution is -2.12. The number of hydrogen-bond donors (Lipinski definition) is 1. The Morgan fingerprint density at radius 1 is 1.42 bits per heavy atom. The minimum absolute atomic E-state index is 0.276. The first kappa shape index (κ1) is 14.1. The Kier molecular flexibility index (Phi) is 4.58. The second-order valence-corrected chi connectivity index (χ2v) is 6.03. The maximum absolute atomic E-state index is 4.51. The van der Waals surface area contributed by atoms with Gasteiger partial charge in [0.2, 0.25) is 5.95 Å². The van der Waals surface area contributed by atoms with Crippen LogP contribution in [0, 0.1) is 13.8 Å². The molecule has 2 heterocycles. The fourth-order valence-corrected chi connectivity index (χ4v) is 3.18. The molecule has 0 radical (unpaired) electrons. The molecule has 2 aromatic heterocycles. The summed E-state index contributed by atoms with van der Waals surface area (Å²) in [5, 5.41) is 4.53. The molecule has 0 aliphatic heterocycles. The number of imidazole rings is 1. The third kappa shape index (κ3) is 3.15. The van der Waals surface area contributed by atoms with Crippen molar-refractivity contribution in [3.05, 3.63) is 28.0 Å². The smallest absolute Gasteiger partial charge is 0.203 e. The molecule has 0 saturated carbocycles. The van der Waals surface area contributed by atoms with E-state index in [0.717, 1.165) is 23.2 Å². The van der Waals surface area contributed by atoms with Crippen molar-refractivity contribution in [3.63, 3.8) is 0 Å². The van der Waals surface area contributed by atoms with Crippen molar-refractivity contribution in [2.45, 2.75) is 46.6 Å². The lowest BCUT2D eigenvalue weighted by Gasteiger charge is -2.16. The summed E-state index contributed by atoms with van der Waals surface area (Å²) < 4.78 is 2.19. The summed E-state index contributed by atoms with van der Waals surface area (Å²) in [6.07, 6.45) is 6.25. The molecule has 19 heavy (non-hydrogen) atoms. The summed E-state index contributed by atoms with van der Waals surface area (Å²) in [5.41, 5.74) is 1.13. The zero-order valence-electron chi connectivity index (χ0n) is 12.1. The van der Waals surface area contributed by atoms with Crippen LogP contribution in [-0.4, -0.2) is 21.1 Å². The van der Waals surface area contributed by atoms with Crippen LogP contribution in [0.5, 0.6) is 0 Å². The van der Waals surface area contributed by atoms with Gasteiger partial charge in [0.1, 0.15) is 0 Å². The molecule has 0 amide bonds. The Hall–Kier alpha value is -1.36. The zero-order chi connectivity index (χ0) is 13.8. The van der Waals surface area contributed by atoms with E-state index in [4.69, 9.17) is 0 Å². The molecule has 1 N–H and O–H groups in total. The van der Waals surface area contributed by atoms with Gasteiger partial charge in [-0.05, 0) is 27.2 Å². The van der Waals surface area contributed by atoms with Gasteiger partial charge in [-0.1, -0.05) is 13.3 Å². The Balaban J connectivity index is 2.17. The average Bonchev–Trinajstić information content (AvgIpc) is 2.95. The minimum Gasteiger partial charge on any atom is -0.356 e. The van der Waals surface area contributed by atoms with Crippen molar-refractivity contribution >= 4 is 17.3 Å². The van der Waals surface area contributed by atoms with Gasteiger partial charge in [-0.15, -0.1) is 11.3 Å². The van der Waals surface area contributed by atoms with Crippen molar-refractivity contribution in [1.82, 2.24) is 14.5 Å². The van der Waals surface area contributed by atoms with E-state index in [2.05, 4.69) is 47.5 Å². The quantitative estimate of drug-likeness (QED) is 0.818. The molecule has 1 atom stereocenters. The van der Waals surface area contributed by atoms with Crippen molar-refractivity contribution in [2.24, 2.45) is 0 Å². The first-order valence-corrected chi connectivity index (χ1v) is 7.65. The lowest BCUT2D eigenvalue weighted by molar-refractivity contribution is 0.647. The fraction of sp³-hybridized carbons (Fsp3) is 0.571. The SMILES string of the molecule is CCCCNc1nccn1C(C)c1sc(C)nc1C. The monoisotopic (exact) mass is 278 g/mol. The summed E-state index contributed by atoms with van der Waals surface area (Å²) in [7, 11) is 0. The molecule has 0 saturated heterocycles. The maximum atomic E-state index is 4.51. The maximum Gasteiger partial charge on any atom is 0.203 e. The van der Waals surface area contributed by atoms with Gasteiger partial charge in [0.15, 0.2) is 0 Å². The highest BCUT2D eigenvalue weighted by Gasteiger charge is 2.17. The highest BCUT2D eigenvalue weighted by Crippen LogP contribution is 2.29. The van der Waals surface area contributed by atoms with E-state index < -0.39 is 0 Å². The third-order valence-corrected chi connectivity index (χ3v) is 4.46. The van der Waals surface area contributed by atoms with Gasteiger partial charge >= 0.3 is 0 Å². The van der Waals surface area contributed by atoms with E-state index in [9.17, 15) is 0 Å². The predicted molar refractivity (Wildman–Crippen MR) is 81.0 cm³/mol. The van der Waals surface area contributed by atoms with Gasteiger partial charge in [0.25, 0.3) is 0 Å². The molecule has 2 aromatic rings. The van der Waals surface area contributed by atoms with E-state index in [1.54, 1.807) is 11.3 Å². The lowest BCUT2D eigenvalue weighted by atomic mass is 10.2. The summed E-state index contributed by atoms with van der Waals surface area (Å²) in [4.78, 5) is 10.2. The van der Waals surface area contributed by atoms with Gasteiger partial charge in [-0.2, -0.15) is 0 Å². The van der Waals surface area contributed by atoms with Gasteiger partial charge in [-0.3, -0.25) is 0 Å². The number of unbranched alkanes of at least 4 members (excludes halogenated alkanes) is 1. The topological polar surface area (TPSA) is 42.7 Å². The molecular formula is C14H22N4S. The molecule has 1 unspecified atom stereocenters. The molecule has 2 rings (SSSR count). The van der Waals surface area contributed by atoms with Crippen LogP contribution < -0.4 is 5.32 Å². The number of anilines is 1. The van der Waals surface area contributed by atoms with Crippen molar-refractivity contribution in [2.75, 3.05) is 11.9 Å². The number of nitrogens with one attached hydrogen (secondary N) is 1. The molecule has 0 spiro atoms. The van der Waals surface area contributed by atoms with E-state index >= 15 is 0 Å². The van der Waals surface area contributed by atoms with Crippen LogP contribution in [0.25, 0.3) is 0 Å². The van der Waals surface area contributed by atoms with E-state index in [-0.39, 0.29) is 6.04 Å². The molecular weight excluding hydrogens is 256 g/mol. The Labute approximate surface area is 118 Å². The molecule has 0 aliphatic carbocycles. The Bertz CT molecular complexity index is 529. The van der Waals surface area contributed by atoms with Crippen molar-refractivity contribution in [3.8, 4) is 0 Å². The number of aryl methyl sites for hydroxylation is 2. The summed E-state index contributed by atoms with van der Waals surface area (Å²) in [5.74, 6) is 0.950. The highest BCUT2D eigenvalue weighted by atomic mass is 32.1.